The summed E-state index contributed by atoms with van der Waals surface area (Å²) in [4.78, 5) is 25.5. The Bertz CT molecular complexity index is 2190. The number of fused-ring (bicyclic) bond motifs is 2. The number of aromatic nitrogens is 4. The molecule has 2 aliphatic heterocycles. The van der Waals surface area contributed by atoms with E-state index >= 15 is 0 Å². The van der Waals surface area contributed by atoms with E-state index in [2.05, 4.69) is 44.3 Å². The van der Waals surface area contributed by atoms with Crippen LogP contribution in [0.25, 0.3) is 44.6 Å². The molecular weight excluding hydrogens is 795 g/mol. The minimum absolute atomic E-state index is 0. The fourth-order valence-corrected chi connectivity index (χ4v) is 6.66. The summed E-state index contributed by atoms with van der Waals surface area (Å²) < 4.78 is 22.5. The molecule has 8 rings (SSSR count). The van der Waals surface area contributed by atoms with Gasteiger partial charge >= 0.3 is 29.6 Å². The third-order valence-electron chi connectivity index (χ3n) is 9.06. The Morgan fingerprint density at radius 2 is 1.11 bits per heavy atom. The Labute approximate surface area is 367 Å². The molecule has 0 saturated carbocycles. The first-order valence-electron chi connectivity index (χ1n) is 18.3. The molecule has 2 aliphatic rings. The van der Waals surface area contributed by atoms with Gasteiger partial charge in [-0.15, -0.1) is 0 Å². The van der Waals surface area contributed by atoms with E-state index in [0.717, 1.165) is 119 Å². The quantitative estimate of drug-likeness (QED) is 0.182. The van der Waals surface area contributed by atoms with E-state index in [4.69, 9.17) is 38.9 Å². The van der Waals surface area contributed by atoms with Crippen molar-refractivity contribution in [3.8, 4) is 34.3 Å². The number of methoxy groups -OCH3 is 2. The van der Waals surface area contributed by atoms with Gasteiger partial charge in [0, 0.05) is 75.3 Å². The molecule has 2 aromatic heterocycles. The van der Waals surface area contributed by atoms with E-state index in [1.807, 2.05) is 105 Å². The zero-order valence-electron chi connectivity index (χ0n) is 34.4. The molecule has 12 nitrogen and oxygen atoms in total. The second-order valence-corrected chi connectivity index (χ2v) is 14.2. The van der Waals surface area contributed by atoms with Gasteiger partial charge in [0.15, 0.2) is 11.6 Å². The number of nitrogens with zero attached hydrogens (tertiary/aromatic N) is 7. The van der Waals surface area contributed by atoms with Crippen molar-refractivity contribution in [2.45, 2.75) is 0 Å². The maximum atomic E-state index is 5.62. The Balaban J connectivity index is 0.000000216. The third kappa shape index (κ3) is 11.5. The van der Waals surface area contributed by atoms with Crippen molar-refractivity contribution >= 4 is 55.1 Å². The third-order valence-corrected chi connectivity index (χ3v) is 9.56. The second kappa shape index (κ2) is 22.2. The number of hydrogen-bond donors (Lipinski definition) is 1. The number of para-hydroxylation sites is 2. The predicted molar refractivity (Wildman–Crippen MR) is 233 cm³/mol. The Kier molecular flexibility index (Phi) is 17.7. The molecular formula is C43H52BrN8NaO4. The first-order chi connectivity index (χ1) is 26.8. The van der Waals surface area contributed by atoms with Crippen molar-refractivity contribution in [1.82, 2.24) is 25.3 Å². The second-order valence-electron chi connectivity index (χ2n) is 13.3. The summed E-state index contributed by atoms with van der Waals surface area (Å²) >= 11 is 3.50. The smallest absolute Gasteiger partial charge is 0.496 e. The van der Waals surface area contributed by atoms with Crippen LogP contribution in [0.1, 0.15) is 0 Å². The number of rotatable bonds is 7. The standard InChI is InChI=1S/C21H24N4O2.C17H16BrN3O.C4H9NO.CH3.Na/c1-24(2)21-16-6-4-5-7-18(16)22-20(23-21)17-14-15(8-9-19(17)26-3)25-10-12-27-13-11-25;1-21(2)17-12-6-4-5-7-14(12)19-16(20-17)13-10-11(18)8-9-15(13)22-3;1-3-6-4-2-5-1;;/h4-9,14H,10-13H2,1-3H3;4-10H,1-3H3;5H,1-4H2;1H3;/q;;;-1;+1. The van der Waals surface area contributed by atoms with Gasteiger partial charge in [0.2, 0.25) is 0 Å². The van der Waals surface area contributed by atoms with Crippen molar-refractivity contribution in [1.29, 1.82) is 0 Å². The number of ether oxygens (including phenoxy) is 4. The van der Waals surface area contributed by atoms with Gasteiger partial charge in [-0.2, -0.15) is 0 Å². The Morgan fingerprint density at radius 3 is 1.56 bits per heavy atom. The minimum atomic E-state index is 0. The van der Waals surface area contributed by atoms with Gasteiger partial charge < -0.3 is 46.4 Å². The topological polar surface area (TPSA) is 110 Å². The summed E-state index contributed by atoms with van der Waals surface area (Å²) in [6, 6.07) is 28.1. The van der Waals surface area contributed by atoms with Gasteiger partial charge in [-0.25, -0.2) is 19.9 Å². The van der Waals surface area contributed by atoms with Gasteiger partial charge in [-0.1, -0.05) is 40.2 Å². The first-order valence-corrected chi connectivity index (χ1v) is 19.1. The van der Waals surface area contributed by atoms with E-state index in [0.29, 0.717) is 11.6 Å². The van der Waals surface area contributed by atoms with Crippen LogP contribution in [0.15, 0.2) is 89.4 Å². The van der Waals surface area contributed by atoms with Crippen LogP contribution in [0.3, 0.4) is 0 Å². The molecule has 4 aromatic carbocycles. The van der Waals surface area contributed by atoms with Crippen LogP contribution in [0.5, 0.6) is 11.5 Å². The normalized spacial score (nSPS) is 13.5. The summed E-state index contributed by atoms with van der Waals surface area (Å²) in [5.41, 5.74) is 4.74. The van der Waals surface area contributed by atoms with E-state index in [1.165, 1.54) is 0 Å². The molecule has 296 valence electrons. The van der Waals surface area contributed by atoms with E-state index in [-0.39, 0.29) is 37.0 Å². The van der Waals surface area contributed by atoms with Gasteiger partial charge in [0.05, 0.1) is 62.8 Å². The van der Waals surface area contributed by atoms with Gasteiger partial charge in [0.1, 0.15) is 23.1 Å². The molecule has 0 spiro atoms. The van der Waals surface area contributed by atoms with Crippen molar-refractivity contribution in [3.63, 3.8) is 0 Å². The van der Waals surface area contributed by atoms with Crippen molar-refractivity contribution < 1.29 is 48.5 Å². The molecule has 0 bridgehead atoms. The average Bonchev–Trinajstić information content (AvgIpc) is 3.24. The minimum Gasteiger partial charge on any atom is -0.496 e. The number of benzene rings is 4. The number of anilines is 3. The molecule has 14 heteroatoms. The maximum Gasteiger partial charge on any atom is 1.00 e. The summed E-state index contributed by atoms with van der Waals surface area (Å²) in [7, 11) is 11.3. The Hall–Kier alpha value is -4.08. The largest absolute Gasteiger partial charge is 1.00 e. The molecule has 0 unspecified atom stereocenters. The maximum absolute atomic E-state index is 5.62. The number of hydrogen-bond acceptors (Lipinski definition) is 12. The predicted octanol–water partition coefficient (Wildman–Crippen LogP) is 4.40. The van der Waals surface area contributed by atoms with Crippen LogP contribution in [0, 0.1) is 7.43 Å². The van der Waals surface area contributed by atoms with Crippen LogP contribution < -0.4 is 59.0 Å². The number of morpholine rings is 2. The molecule has 2 saturated heterocycles. The van der Waals surface area contributed by atoms with Crippen LogP contribution in [0.2, 0.25) is 0 Å². The summed E-state index contributed by atoms with van der Waals surface area (Å²) in [5.74, 6) is 4.64. The fraction of sp³-hybridized carbons (Fsp3) is 0.326. The van der Waals surface area contributed by atoms with Crippen molar-refractivity contribution in [2.24, 2.45) is 0 Å². The van der Waals surface area contributed by atoms with Crippen molar-refractivity contribution in [2.75, 3.05) is 110 Å². The molecule has 0 amide bonds. The van der Waals surface area contributed by atoms with Gasteiger partial charge in [0.25, 0.3) is 0 Å². The zero-order valence-corrected chi connectivity index (χ0v) is 38.0. The van der Waals surface area contributed by atoms with Gasteiger partial charge in [-0.05, 0) is 60.7 Å². The molecule has 1 N–H and O–H groups in total. The van der Waals surface area contributed by atoms with Crippen LogP contribution in [0.4, 0.5) is 17.3 Å². The molecule has 2 fully saturated rings. The zero-order chi connectivity index (χ0) is 38.7. The number of halogens is 1. The average molecular weight is 848 g/mol. The van der Waals surface area contributed by atoms with Crippen LogP contribution in [-0.4, -0.2) is 115 Å². The summed E-state index contributed by atoms with van der Waals surface area (Å²) in [6.07, 6.45) is 0. The van der Waals surface area contributed by atoms with Crippen LogP contribution in [-0.2, 0) is 9.47 Å². The first kappa shape index (κ1) is 45.6. The number of nitrogens with one attached hydrogen (secondary N) is 1. The Morgan fingerprint density at radius 1 is 0.632 bits per heavy atom. The van der Waals surface area contributed by atoms with Crippen LogP contribution >= 0.6 is 15.9 Å². The van der Waals surface area contributed by atoms with E-state index < -0.39 is 0 Å². The summed E-state index contributed by atoms with van der Waals surface area (Å²) in [6.45, 7) is 7.10. The molecule has 57 heavy (non-hydrogen) atoms. The fourth-order valence-electron chi connectivity index (χ4n) is 6.30. The molecule has 4 heterocycles. The van der Waals surface area contributed by atoms with E-state index in [1.54, 1.807) is 14.2 Å². The van der Waals surface area contributed by atoms with Crippen molar-refractivity contribution in [3.05, 3.63) is 96.8 Å². The molecule has 0 atom stereocenters. The molecule has 0 radical (unpaired) electrons. The van der Waals surface area contributed by atoms with Gasteiger partial charge in [-0.3, -0.25) is 0 Å². The molecule has 6 aromatic rings. The monoisotopic (exact) mass is 846 g/mol. The SMILES string of the molecule is C1COCCN1.COc1ccc(Br)cc1-c1nc(N(C)C)c2ccccc2n1.COc1ccc(N2CCOCC2)cc1-c1nc(N(C)C)c2ccccc2n1.[CH3-].[Na+]. The summed E-state index contributed by atoms with van der Waals surface area (Å²) in [5, 5.41) is 5.23. The molecule has 0 aliphatic carbocycles. The van der Waals surface area contributed by atoms with E-state index in [9.17, 15) is 0 Å².